The van der Waals surface area contributed by atoms with Gasteiger partial charge in [0.2, 0.25) is 5.91 Å². The third kappa shape index (κ3) is 2.57. The van der Waals surface area contributed by atoms with E-state index in [2.05, 4.69) is 21.0 Å². The number of nitrogens with zero attached hydrogens (tertiary/aromatic N) is 3. The summed E-state index contributed by atoms with van der Waals surface area (Å²) < 4.78 is 2.77. The van der Waals surface area contributed by atoms with Crippen molar-refractivity contribution in [3.63, 3.8) is 0 Å². The Labute approximate surface area is 160 Å². The molecule has 132 valence electrons. The molecule has 5 nitrogen and oxygen atoms in total. The van der Waals surface area contributed by atoms with E-state index in [4.69, 9.17) is 5.73 Å². The number of aromatic nitrogens is 2. The van der Waals surface area contributed by atoms with E-state index in [-0.39, 0.29) is 11.8 Å². The maximum Gasteiger partial charge on any atom is 0.246 e. The average molecular weight is 411 g/mol. The van der Waals surface area contributed by atoms with Crippen molar-refractivity contribution in [2.75, 3.05) is 11.4 Å². The molecule has 0 aliphatic carbocycles. The van der Waals surface area contributed by atoms with Crippen LogP contribution in [-0.4, -0.2) is 28.3 Å². The number of likely N-dealkylation sites (N-methyl/N-ethyl adjacent to an activating group) is 1. The zero-order valence-electron chi connectivity index (χ0n) is 14.3. The first-order valence-electron chi connectivity index (χ1n) is 8.58. The largest absolute Gasteiger partial charge is 0.319 e. The molecule has 1 aliphatic rings. The molecule has 0 saturated heterocycles. The lowest BCUT2D eigenvalue weighted by Gasteiger charge is -2.36. The number of fused-ring (bicyclic) bond motifs is 1. The van der Waals surface area contributed by atoms with Crippen molar-refractivity contribution < 1.29 is 4.79 Å². The predicted molar refractivity (Wildman–Crippen MR) is 106 cm³/mol. The van der Waals surface area contributed by atoms with Crippen LogP contribution in [0.2, 0.25) is 0 Å². The lowest BCUT2D eigenvalue weighted by molar-refractivity contribution is -0.120. The van der Waals surface area contributed by atoms with Crippen LogP contribution in [0.4, 0.5) is 5.82 Å². The van der Waals surface area contributed by atoms with Gasteiger partial charge in [0, 0.05) is 22.5 Å². The molecule has 1 aliphatic heterocycles. The second-order valence-electron chi connectivity index (χ2n) is 6.28. The number of carbonyl (C=O) groups is 1. The number of nitrogens with two attached hydrogens (primary N) is 1. The van der Waals surface area contributed by atoms with Crippen molar-refractivity contribution >= 4 is 27.7 Å². The van der Waals surface area contributed by atoms with Gasteiger partial charge in [-0.25, -0.2) is 4.68 Å². The van der Waals surface area contributed by atoms with Crippen molar-refractivity contribution in [3.8, 4) is 5.69 Å². The van der Waals surface area contributed by atoms with Gasteiger partial charge in [-0.05, 0) is 30.7 Å². The summed E-state index contributed by atoms with van der Waals surface area (Å²) in [5.74, 6) is 0.470. The summed E-state index contributed by atoms with van der Waals surface area (Å²) in [6.45, 7) is 2.50. The smallest absolute Gasteiger partial charge is 0.246 e. The van der Waals surface area contributed by atoms with Gasteiger partial charge in [-0.2, -0.15) is 5.10 Å². The number of benzene rings is 2. The summed E-state index contributed by atoms with van der Waals surface area (Å²) in [6, 6.07) is 17.1. The van der Waals surface area contributed by atoms with E-state index in [0.29, 0.717) is 6.54 Å². The second-order valence-corrected chi connectivity index (χ2v) is 7.13. The minimum absolute atomic E-state index is 0.0848. The maximum atomic E-state index is 13.0. The molecule has 1 aromatic heterocycles. The van der Waals surface area contributed by atoms with Crippen LogP contribution in [0.25, 0.3) is 5.69 Å². The number of para-hydroxylation sites is 1. The van der Waals surface area contributed by atoms with Gasteiger partial charge < -0.3 is 5.73 Å². The Morgan fingerprint density at radius 2 is 1.77 bits per heavy atom. The van der Waals surface area contributed by atoms with Crippen molar-refractivity contribution in [2.45, 2.75) is 18.9 Å². The number of hydrogen-bond acceptors (Lipinski definition) is 3. The Kier molecular flexibility index (Phi) is 4.38. The number of hydrogen-bond donors (Lipinski definition) is 1. The van der Waals surface area contributed by atoms with Crippen LogP contribution in [0.3, 0.4) is 0 Å². The monoisotopic (exact) mass is 410 g/mol. The Morgan fingerprint density at radius 1 is 1.08 bits per heavy atom. The van der Waals surface area contributed by atoms with Gasteiger partial charge in [0.05, 0.1) is 17.9 Å². The van der Waals surface area contributed by atoms with Crippen LogP contribution in [0.15, 0.2) is 65.3 Å². The normalized spacial score (nSPS) is 19.5. The first kappa shape index (κ1) is 17.0. The summed E-state index contributed by atoms with van der Waals surface area (Å²) in [5.41, 5.74) is 9.29. The van der Waals surface area contributed by atoms with Crippen molar-refractivity contribution in [1.82, 2.24) is 9.78 Å². The Hall–Kier alpha value is -2.44. The maximum absolute atomic E-state index is 13.0. The van der Waals surface area contributed by atoms with E-state index >= 15 is 0 Å². The summed E-state index contributed by atoms with van der Waals surface area (Å²) in [4.78, 5) is 14.8. The van der Waals surface area contributed by atoms with Gasteiger partial charge in [-0.3, -0.25) is 9.69 Å². The second kappa shape index (κ2) is 6.70. The molecule has 3 aromatic rings. The molecule has 1 amide bonds. The standard InChI is InChI=1S/C20H19BrN4O/c1-2-24-19-15(12-23-25(19)13-8-4-3-5-9-13)17(18(22)20(24)26)14-10-6-7-11-16(14)21/h3-12,17-18H,2,22H2,1H3/t17-,18+/m1/s1. The molecule has 6 heteroatoms. The van der Waals surface area contributed by atoms with Gasteiger partial charge in [-0.15, -0.1) is 0 Å². The lowest BCUT2D eigenvalue weighted by atomic mass is 9.83. The average Bonchev–Trinajstić information content (AvgIpc) is 3.09. The molecule has 2 N–H and O–H groups in total. The fourth-order valence-electron chi connectivity index (χ4n) is 3.62. The van der Waals surface area contributed by atoms with Gasteiger partial charge in [0.15, 0.2) is 0 Å². The van der Waals surface area contributed by atoms with E-state index in [1.165, 1.54) is 0 Å². The fourth-order valence-corrected chi connectivity index (χ4v) is 4.15. The Balaban J connectivity index is 1.95. The molecule has 4 rings (SSSR count). The molecule has 2 atom stereocenters. The van der Waals surface area contributed by atoms with Crippen LogP contribution in [0, 0.1) is 0 Å². The molecule has 0 radical (unpaired) electrons. The van der Waals surface area contributed by atoms with Gasteiger partial charge in [-0.1, -0.05) is 52.3 Å². The zero-order chi connectivity index (χ0) is 18.3. The summed E-state index contributed by atoms with van der Waals surface area (Å²) >= 11 is 3.61. The van der Waals surface area contributed by atoms with Crippen LogP contribution in [-0.2, 0) is 4.79 Å². The molecule has 0 fully saturated rings. The molecule has 0 unspecified atom stereocenters. The van der Waals surface area contributed by atoms with Gasteiger partial charge in [0.1, 0.15) is 5.82 Å². The van der Waals surface area contributed by atoms with E-state index in [1.807, 2.05) is 72.4 Å². The van der Waals surface area contributed by atoms with Gasteiger partial charge >= 0.3 is 0 Å². The number of carbonyl (C=O) groups excluding carboxylic acids is 1. The summed E-state index contributed by atoms with van der Waals surface area (Å²) in [7, 11) is 0. The molecule has 26 heavy (non-hydrogen) atoms. The third-order valence-corrected chi connectivity index (χ3v) is 5.55. The molecule has 2 heterocycles. The third-order valence-electron chi connectivity index (χ3n) is 4.83. The number of anilines is 1. The van der Waals surface area contributed by atoms with Crippen molar-refractivity contribution in [2.24, 2.45) is 5.73 Å². The molecule has 0 spiro atoms. The Morgan fingerprint density at radius 3 is 2.46 bits per heavy atom. The molecule has 0 saturated carbocycles. The Bertz CT molecular complexity index is 953. The van der Waals surface area contributed by atoms with E-state index < -0.39 is 6.04 Å². The van der Waals surface area contributed by atoms with Crippen LogP contribution < -0.4 is 10.6 Å². The van der Waals surface area contributed by atoms with E-state index in [0.717, 1.165) is 27.1 Å². The summed E-state index contributed by atoms with van der Waals surface area (Å²) in [6.07, 6.45) is 1.83. The molecule has 2 aromatic carbocycles. The predicted octanol–water partition coefficient (Wildman–Crippen LogP) is 3.46. The molecular formula is C20H19BrN4O. The SMILES string of the molecule is CCN1C(=O)[C@@H](N)[C@H](c2ccccc2Br)c2cnn(-c3ccccc3)c21. The van der Waals surface area contributed by atoms with Crippen LogP contribution in [0.1, 0.15) is 24.0 Å². The first-order chi connectivity index (χ1) is 12.6. The molecule has 0 bridgehead atoms. The first-order valence-corrected chi connectivity index (χ1v) is 9.37. The zero-order valence-corrected chi connectivity index (χ0v) is 15.9. The fraction of sp³-hybridized carbons (Fsp3) is 0.200. The van der Waals surface area contributed by atoms with Crippen molar-refractivity contribution in [3.05, 3.63) is 76.4 Å². The van der Waals surface area contributed by atoms with Crippen LogP contribution in [0.5, 0.6) is 0 Å². The minimum Gasteiger partial charge on any atom is -0.319 e. The highest BCUT2D eigenvalue weighted by atomic mass is 79.9. The van der Waals surface area contributed by atoms with Crippen LogP contribution >= 0.6 is 15.9 Å². The minimum atomic E-state index is -0.644. The van der Waals surface area contributed by atoms with E-state index in [9.17, 15) is 4.79 Å². The highest BCUT2D eigenvalue weighted by Crippen LogP contribution is 2.42. The molecular weight excluding hydrogens is 392 g/mol. The number of rotatable bonds is 3. The van der Waals surface area contributed by atoms with Crippen molar-refractivity contribution in [1.29, 1.82) is 0 Å². The van der Waals surface area contributed by atoms with E-state index in [1.54, 1.807) is 4.90 Å². The quantitative estimate of drug-likeness (QED) is 0.718. The number of halogens is 1. The highest BCUT2D eigenvalue weighted by Gasteiger charge is 2.41. The topological polar surface area (TPSA) is 64.2 Å². The highest BCUT2D eigenvalue weighted by molar-refractivity contribution is 9.10. The van der Waals surface area contributed by atoms with Gasteiger partial charge in [0.25, 0.3) is 0 Å². The number of amides is 1. The summed E-state index contributed by atoms with van der Waals surface area (Å²) in [5, 5.41) is 4.59. The lowest BCUT2D eigenvalue weighted by Crippen LogP contribution is -2.51.